The molecule has 1 aliphatic rings. The molecule has 1 fully saturated rings. The van der Waals surface area contributed by atoms with E-state index < -0.39 is 0 Å². The number of carbonyl (C=O) groups excluding carboxylic acids is 1. The molecular formula is C33H46N4O. The minimum atomic E-state index is 0.120. The van der Waals surface area contributed by atoms with Gasteiger partial charge in [0.1, 0.15) is 5.69 Å². The number of benzene rings is 1. The molecule has 5 heteroatoms. The van der Waals surface area contributed by atoms with Crippen LogP contribution in [0.3, 0.4) is 0 Å². The second kappa shape index (κ2) is 13.2. The highest BCUT2D eigenvalue weighted by atomic mass is 16.2. The zero-order valence-electron chi connectivity index (χ0n) is 24.1. The normalized spacial score (nSPS) is 14.8. The zero-order valence-corrected chi connectivity index (χ0v) is 24.1. The molecule has 1 aromatic carbocycles. The Morgan fingerprint density at radius 2 is 1.63 bits per heavy atom. The first-order valence-corrected chi connectivity index (χ1v) is 14.6. The van der Waals surface area contributed by atoms with E-state index in [9.17, 15) is 4.79 Å². The summed E-state index contributed by atoms with van der Waals surface area (Å²) in [6.45, 7) is 15.9. The van der Waals surface area contributed by atoms with E-state index in [1.807, 2.05) is 22.8 Å². The molecule has 204 valence electrons. The Bertz CT molecular complexity index is 1200. The highest BCUT2D eigenvalue weighted by Gasteiger charge is 2.20. The molecule has 3 aromatic rings. The molecule has 1 aliphatic heterocycles. The standard InChI is InChI=1S/C33H46N4O/c1-25(2)15-21-36(22-16-26(3)4)33(38)29-17-23-37-31(24-29)30(10-9-20-35-18-7-6-8-19-35)32(34-37)28-13-11-27(5)12-14-28/h9-14,17,23-26H,6-8,15-16,18-22H2,1-5H3. The molecule has 0 atom stereocenters. The van der Waals surface area contributed by atoms with Crippen LogP contribution < -0.4 is 0 Å². The largest absolute Gasteiger partial charge is 0.339 e. The fraction of sp³-hybridized carbons (Fsp3) is 0.515. The summed E-state index contributed by atoms with van der Waals surface area (Å²) in [7, 11) is 0. The lowest BCUT2D eigenvalue weighted by molar-refractivity contribution is 0.0741. The average Bonchev–Trinajstić information content (AvgIpc) is 3.27. The summed E-state index contributed by atoms with van der Waals surface area (Å²) in [4.78, 5) is 18.3. The van der Waals surface area contributed by atoms with Crippen molar-refractivity contribution in [2.75, 3.05) is 32.7 Å². The van der Waals surface area contributed by atoms with E-state index in [0.29, 0.717) is 11.8 Å². The number of pyridine rings is 1. The summed E-state index contributed by atoms with van der Waals surface area (Å²) in [5, 5.41) is 4.97. The Morgan fingerprint density at radius 3 is 2.26 bits per heavy atom. The minimum Gasteiger partial charge on any atom is -0.339 e. The van der Waals surface area contributed by atoms with Gasteiger partial charge in [0.15, 0.2) is 0 Å². The monoisotopic (exact) mass is 514 g/mol. The lowest BCUT2D eigenvalue weighted by atomic mass is 10.0. The van der Waals surface area contributed by atoms with E-state index in [-0.39, 0.29) is 5.91 Å². The first kappa shape index (κ1) is 28.1. The summed E-state index contributed by atoms with van der Waals surface area (Å²) in [5.41, 5.74) is 6.09. The Hall–Kier alpha value is -2.92. The van der Waals surface area contributed by atoms with E-state index in [4.69, 9.17) is 5.10 Å². The molecule has 0 aliphatic carbocycles. The highest BCUT2D eigenvalue weighted by Crippen LogP contribution is 2.29. The summed E-state index contributed by atoms with van der Waals surface area (Å²) in [5.74, 6) is 1.25. The first-order valence-electron chi connectivity index (χ1n) is 14.6. The molecule has 3 heterocycles. The Balaban J connectivity index is 1.68. The molecule has 0 spiro atoms. The maximum atomic E-state index is 13.7. The second-order valence-electron chi connectivity index (χ2n) is 11.8. The van der Waals surface area contributed by atoms with Crippen LogP contribution in [0, 0.1) is 18.8 Å². The predicted octanol–water partition coefficient (Wildman–Crippen LogP) is 7.34. The molecule has 0 unspecified atom stereocenters. The van der Waals surface area contributed by atoms with E-state index in [1.165, 1.54) is 37.9 Å². The van der Waals surface area contributed by atoms with Gasteiger partial charge in [0.05, 0.1) is 5.52 Å². The fourth-order valence-electron chi connectivity index (χ4n) is 5.07. The molecule has 0 N–H and O–H groups in total. The quantitative estimate of drug-likeness (QED) is 0.269. The van der Waals surface area contributed by atoms with Gasteiger partial charge in [0, 0.05) is 42.5 Å². The number of aromatic nitrogens is 2. The summed E-state index contributed by atoms with van der Waals surface area (Å²) in [6.07, 6.45) is 12.4. The fourth-order valence-corrected chi connectivity index (χ4v) is 5.07. The molecule has 1 amide bonds. The molecule has 1 saturated heterocycles. The van der Waals surface area contributed by atoms with E-state index in [2.05, 4.69) is 80.8 Å². The number of piperidine rings is 1. The Morgan fingerprint density at radius 1 is 0.974 bits per heavy atom. The minimum absolute atomic E-state index is 0.120. The van der Waals surface area contributed by atoms with E-state index >= 15 is 0 Å². The molecule has 5 nitrogen and oxygen atoms in total. The number of aryl methyl sites for hydroxylation is 1. The Kier molecular flexibility index (Phi) is 9.79. The van der Waals surface area contributed by atoms with Crippen molar-refractivity contribution < 1.29 is 4.79 Å². The lowest BCUT2D eigenvalue weighted by Gasteiger charge is -2.25. The highest BCUT2D eigenvalue weighted by molar-refractivity contribution is 5.96. The van der Waals surface area contributed by atoms with Crippen molar-refractivity contribution in [3.8, 4) is 11.3 Å². The van der Waals surface area contributed by atoms with Crippen molar-refractivity contribution in [2.45, 2.75) is 66.7 Å². The number of nitrogens with zero attached hydrogens (tertiary/aromatic N) is 4. The van der Waals surface area contributed by atoms with Crippen molar-refractivity contribution in [2.24, 2.45) is 11.8 Å². The second-order valence-corrected chi connectivity index (χ2v) is 11.8. The van der Waals surface area contributed by atoms with Crippen LogP contribution in [0.2, 0.25) is 0 Å². The van der Waals surface area contributed by atoms with Gasteiger partial charge in [-0.25, -0.2) is 4.52 Å². The van der Waals surface area contributed by atoms with Crippen LogP contribution in [0.5, 0.6) is 0 Å². The van der Waals surface area contributed by atoms with Gasteiger partial charge >= 0.3 is 0 Å². The third kappa shape index (κ3) is 7.35. The third-order valence-electron chi connectivity index (χ3n) is 7.58. The topological polar surface area (TPSA) is 40.9 Å². The maximum Gasteiger partial charge on any atom is 0.253 e. The number of rotatable bonds is 11. The molecule has 2 aromatic heterocycles. The number of hydrogen-bond donors (Lipinski definition) is 0. The van der Waals surface area contributed by atoms with Gasteiger partial charge in [0.2, 0.25) is 0 Å². The SMILES string of the molecule is Cc1ccc(-c2nn3ccc(C(=O)N(CCC(C)C)CCC(C)C)cc3c2C=CCN2CCCCC2)cc1. The molecule has 0 bridgehead atoms. The first-order chi connectivity index (χ1) is 18.3. The van der Waals surface area contributed by atoms with Gasteiger partial charge in [-0.1, -0.05) is 76.1 Å². The number of likely N-dealkylation sites (tertiary alicyclic amines) is 1. The van der Waals surface area contributed by atoms with Crippen LogP contribution >= 0.6 is 0 Å². The summed E-state index contributed by atoms with van der Waals surface area (Å²) < 4.78 is 1.93. The van der Waals surface area contributed by atoms with Gasteiger partial charge in [-0.2, -0.15) is 5.10 Å². The van der Waals surface area contributed by atoms with Crippen molar-refractivity contribution in [3.05, 3.63) is 65.4 Å². The maximum absolute atomic E-state index is 13.7. The number of amides is 1. The molecule has 0 radical (unpaired) electrons. The van der Waals surface area contributed by atoms with Crippen LogP contribution in [-0.2, 0) is 0 Å². The van der Waals surface area contributed by atoms with Gasteiger partial charge in [0.25, 0.3) is 5.91 Å². The van der Waals surface area contributed by atoms with Gasteiger partial charge < -0.3 is 4.90 Å². The molecule has 4 rings (SSSR count). The van der Waals surface area contributed by atoms with Crippen molar-refractivity contribution >= 4 is 17.5 Å². The van der Waals surface area contributed by atoms with Gasteiger partial charge in [-0.3, -0.25) is 9.69 Å². The van der Waals surface area contributed by atoms with Gasteiger partial charge in [-0.05, 0) is 69.7 Å². The molecular weight excluding hydrogens is 468 g/mol. The van der Waals surface area contributed by atoms with Crippen LogP contribution in [0.4, 0.5) is 0 Å². The van der Waals surface area contributed by atoms with Crippen LogP contribution in [-0.4, -0.2) is 58.0 Å². The van der Waals surface area contributed by atoms with Gasteiger partial charge in [-0.15, -0.1) is 0 Å². The van der Waals surface area contributed by atoms with Crippen molar-refractivity contribution in [3.63, 3.8) is 0 Å². The van der Waals surface area contributed by atoms with Crippen LogP contribution in [0.25, 0.3) is 22.9 Å². The predicted molar refractivity (Wildman–Crippen MR) is 160 cm³/mol. The zero-order chi connectivity index (χ0) is 27.1. The van der Waals surface area contributed by atoms with Crippen LogP contribution in [0.15, 0.2) is 48.7 Å². The van der Waals surface area contributed by atoms with E-state index in [1.54, 1.807) is 0 Å². The molecule has 0 saturated carbocycles. The smallest absolute Gasteiger partial charge is 0.253 e. The average molecular weight is 515 g/mol. The third-order valence-corrected chi connectivity index (χ3v) is 7.58. The van der Waals surface area contributed by atoms with Crippen molar-refractivity contribution in [1.29, 1.82) is 0 Å². The molecule has 38 heavy (non-hydrogen) atoms. The van der Waals surface area contributed by atoms with Crippen LogP contribution in [0.1, 0.15) is 81.3 Å². The van der Waals surface area contributed by atoms with Crippen molar-refractivity contribution in [1.82, 2.24) is 19.4 Å². The Labute approximate surface area is 229 Å². The van der Waals surface area contributed by atoms with E-state index in [0.717, 1.165) is 60.4 Å². The number of fused-ring (bicyclic) bond motifs is 1. The summed E-state index contributed by atoms with van der Waals surface area (Å²) in [6, 6.07) is 12.5. The summed E-state index contributed by atoms with van der Waals surface area (Å²) >= 11 is 0. The number of carbonyl (C=O) groups is 1. The lowest BCUT2D eigenvalue weighted by Crippen LogP contribution is -2.34. The number of hydrogen-bond acceptors (Lipinski definition) is 3.